The zero-order valence-corrected chi connectivity index (χ0v) is 13.3. The van der Waals surface area contributed by atoms with E-state index in [1.807, 2.05) is 33.9 Å². The lowest BCUT2D eigenvalue weighted by Gasteiger charge is -2.56. The van der Waals surface area contributed by atoms with Crippen LogP contribution in [0.2, 0.25) is 18.1 Å². The lowest BCUT2D eigenvalue weighted by Crippen LogP contribution is -2.78. The minimum absolute atomic E-state index is 0.235. The second kappa shape index (κ2) is 5.07. The van der Waals surface area contributed by atoms with Crippen LogP contribution in [0.25, 0.3) is 0 Å². The summed E-state index contributed by atoms with van der Waals surface area (Å²) >= 11 is 0. The Kier molecular flexibility index (Phi) is 4.54. The largest absolute Gasteiger partial charge is 0.394 e. The van der Waals surface area contributed by atoms with Crippen LogP contribution in [0.1, 0.15) is 20.8 Å². The van der Waals surface area contributed by atoms with Gasteiger partial charge in [-0.25, -0.2) is 0 Å². The summed E-state index contributed by atoms with van der Waals surface area (Å²) in [4.78, 5) is 0. The molecule has 1 aliphatic heterocycles. The van der Waals surface area contributed by atoms with E-state index in [2.05, 4.69) is 0 Å². The fourth-order valence-electron chi connectivity index (χ4n) is 2.29. The van der Waals surface area contributed by atoms with Crippen molar-refractivity contribution in [3.05, 3.63) is 0 Å². The summed E-state index contributed by atoms with van der Waals surface area (Å²) in [7, 11) is -2.49. The van der Waals surface area contributed by atoms with Crippen LogP contribution >= 0.6 is 0 Å². The summed E-state index contributed by atoms with van der Waals surface area (Å²) in [5, 5.41) is 39.7. The standard InChI is InChI=1S/C12H27NO5Si/c1-11(2,3)19(4,5)12(17)10(13)9(16)8(15)7(6-14)18-12/h7-10,14-17H,6,13H2,1-5H3/t7-,8-,9+,10-,12?/m1/s1. The van der Waals surface area contributed by atoms with Crippen LogP contribution < -0.4 is 5.73 Å². The van der Waals surface area contributed by atoms with Gasteiger partial charge in [0.15, 0.2) is 5.41 Å². The zero-order chi connectivity index (χ0) is 15.2. The quantitative estimate of drug-likeness (QED) is 0.424. The summed E-state index contributed by atoms with van der Waals surface area (Å²) < 4.78 is 5.54. The Morgan fingerprint density at radius 1 is 1.21 bits per heavy atom. The molecule has 19 heavy (non-hydrogen) atoms. The van der Waals surface area contributed by atoms with Crippen molar-refractivity contribution in [3.8, 4) is 0 Å². The van der Waals surface area contributed by atoms with Gasteiger partial charge in [-0.15, -0.1) is 0 Å². The van der Waals surface area contributed by atoms with Gasteiger partial charge in [0, 0.05) is 0 Å². The molecule has 5 atom stereocenters. The molecule has 1 fully saturated rings. The maximum Gasteiger partial charge on any atom is 0.166 e. The van der Waals surface area contributed by atoms with Crippen LogP contribution in [-0.4, -0.2) is 64.9 Å². The maximum absolute atomic E-state index is 10.9. The van der Waals surface area contributed by atoms with E-state index >= 15 is 0 Å². The molecule has 0 spiro atoms. The van der Waals surface area contributed by atoms with Crippen molar-refractivity contribution in [1.29, 1.82) is 0 Å². The Balaban J connectivity index is 3.22. The first-order valence-electron chi connectivity index (χ1n) is 6.53. The first-order chi connectivity index (χ1) is 8.40. The van der Waals surface area contributed by atoms with Crippen molar-refractivity contribution >= 4 is 8.07 Å². The molecule has 0 saturated carbocycles. The lowest BCUT2D eigenvalue weighted by molar-refractivity contribution is -0.279. The molecule has 6 nitrogen and oxygen atoms in total. The smallest absolute Gasteiger partial charge is 0.166 e. The van der Waals surface area contributed by atoms with Gasteiger partial charge < -0.3 is 30.9 Å². The van der Waals surface area contributed by atoms with E-state index in [1.54, 1.807) is 0 Å². The number of hydrogen-bond acceptors (Lipinski definition) is 6. The van der Waals surface area contributed by atoms with E-state index < -0.39 is 44.4 Å². The Hall–Kier alpha value is -0.0231. The summed E-state index contributed by atoms with van der Waals surface area (Å²) in [6, 6.07) is -1.11. The molecule has 1 unspecified atom stereocenters. The van der Waals surface area contributed by atoms with Crippen molar-refractivity contribution < 1.29 is 25.2 Å². The third kappa shape index (κ3) is 2.48. The minimum atomic E-state index is -2.49. The highest BCUT2D eigenvalue weighted by molar-refractivity contribution is 6.82. The van der Waals surface area contributed by atoms with E-state index in [0.717, 1.165) is 0 Å². The number of ether oxygens (including phenoxy) is 1. The van der Waals surface area contributed by atoms with Gasteiger partial charge in [0.1, 0.15) is 26.4 Å². The molecule has 0 amide bonds. The lowest BCUT2D eigenvalue weighted by atomic mass is 9.97. The highest BCUT2D eigenvalue weighted by Gasteiger charge is 2.62. The third-order valence-electron chi connectivity index (χ3n) is 4.83. The third-order valence-corrected chi connectivity index (χ3v) is 10.8. The summed E-state index contributed by atoms with van der Waals surface area (Å²) in [6.45, 7) is 9.31. The molecule has 7 heteroatoms. The maximum atomic E-state index is 10.9. The van der Waals surface area contributed by atoms with Crippen LogP contribution in [0.3, 0.4) is 0 Å². The van der Waals surface area contributed by atoms with Crippen molar-refractivity contribution in [2.75, 3.05) is 6.61 Å². The van der Waals surface area contributed by atoms with Crippen LogP contribution in [0.15, 0.2) is 0 Å². The number of nitrogens with two attached hydrogens (primary N) is 1. The summed E-state index contributed by atoms with van der Waals surface area (Å²) in [5.74, 6) is 0. The minimum Gasteiger partial charge on any atom is -0.394 e. The molecular formula is C12H27NO5Si. The first-order valence-corrected chi connectivity index (χ1v) is 9.53. The molecule has 6 N–H and O–H groups in total. The second-order valence-corrected chi connectivity index (χ2v) is 12.4. The van der Waals surface area contributed by atoms with Gasteiger partial charge in [-0.2, -0.15) is 0 Å². The highest BCUT2D eigenvalue weighted by Crippen LogP contribution is 2.46. The Morgan fingerprint density at radius 2 is 1.68 bits per heavy atom. The molecular weight excluding hydrogens is 266 g/mol. The van der Waals surface area contributed by atoms with Gasteiger partial charge >= 0.3 is 0 Å². The number of hydrogen-bond donors (Lipinski definition) is 5. The van der Waals surface area contributed by atoms with Crippen LogP contribution in [0, 0.1) is 0 Å². The van der Waals surface area contributed by atoms with Gasteiger partial charge in [0.25, 0.3) is 0 Å². The van der Waals surface area contributed by atoms with Crippen molar-refractivity contribution in [3.63, 3.8) is 0 Å². The van der Waals surface area contributed by atoms with E-state index in [1.165, 1.54) is 0 Å². The SMILES string of the molecule is CC(C)(C)[Si](C)(C)C1(O)O[C@H](CO)[C@@H](O)[C@H](O)[C@H]1N. The average Bonchev–Trinajstić information content (AvgIpc) is 2.29. The summed E-state index contributed by atoms with van der Waals surface area (Å²) in [5.41, 5.74) is 4.20. The predicted octanol–water partition coefficient (Wildman–Crippen LogP) is -0.837. The Bertz CT molecular complexity index is 331. The van der Waals surface area contributed by atoms with Gasteiger partial charge in [0.2, 0.25) is 0 Å². The van der Waals surface area contributed by atoms with E-state index in [0.29, 0.717) is 0 Å². The molecule has 1 rings (SSSR count). The number of rotatable bonds is 2. The Labute approximate surface area is 115 Å². The zero-order valence-electron chi connectivity index (χ0n) is 12.3. The van der Waals surface area contributed by atoms with Crippen LogP contribution in [-0.2, 0) is 4.74 Å². The van der Waals surface area contributed by atoms with Crippen molar-refractivity contribution in [1.82, 2.24) is 0 Å². The number of aliphatic hydroxyl groups is 4. The van der Waals surface area contributed by atoms with E-state index in [9.17, 15) is 20.4 Å². The Morgan fingerprint density at radius 3 is 2.05 bits per heavy atom. The van der Waals surface area contributed by atoms with Crippen molar-refractivity contribution in [2.45, 2.75) is 68.7 Å². The van der Waals surface area contributed by atoms with Crippen LogP contribution in [0.5, 0.6) is 0 Å². The fraction of sp³-hybridized carbons (Fsp3) is 1.00. The normalized spacial score (nSPS) is 41.4. The highest BCUT2D eigenvalue weighted by atomic mass is 28.3. The predicted molar refractivity (Wildman–Crippen MR) is 74.1 cm³/mol. The molecule has 0 aliphatic carbocycles. The van der Waals surface area contributed by atoms with Gasteiger partial charge in [-0.05, 0) is 5.04 Å². The van der Waals surface area contributed by atoms with Gasteiger partial charge in [0.05, 0.1) is 12.6 Å². The topological polar surface area (TPSA) is 116 Å². The first kappa shape index (κ1) is 17.0. The molecule has 0 radical (unpaired) electrons. The van der Waals surface area contributed by atoms with Gasteiger partial charge in [-0.3, -0.25) is 0 Å². The molecule has 1 heterocycles. The molecule has 1 saturated heterocycles. The fourth-order valence-corrected chi connectivity index (χ4v) is 4.81. The molecule has 0 aromatic carbocycles. The second-order valence-electron chi connectivity index (χ2n) is 6.92. The molecule has 0 aromatic heterocycles. The van der Waals surface area contributed by atoms with E-state index in [4.69, 9.17) is 10.5 Å². The molecule has 114 valence electrons. The molecule has 0 bridgehead atoms. The molecule has 1 aliphatic rings. The van der Waals surface area contributed by atoms with Gasteiger partial charge in [-0.1, -0.05) is 33.9 Å². The van der Waals surface area contributed by atoms with E-state index in [-0.39, 0.29) is 5.04 Å². The number of aliphatic hydroxyl groups excluding tert-OH is 3. The monoisotopic (exact) mass is 293 g/mol. The van der Waals surface area contributed by atoms with Crippen molar-refractivity contribution in [2.24, 2.45) is 5.73 Å². The summed E-state index contributed by atoms with van der Waals surface area (Å²) in [6.07, 6.45) is -3.66. The molecule has 0 aromatic rings. The van der Waals surface area contributed by atoms with Crippen LogP contribution in [0.4, 0.5) is 0 Å². The average molecular weight is 293 g/mol.